The first-order valence-corrected chi connectivity index (χ1v) is 4.41. The minimum absolute atomic E-state index is 0.0931. The van der Waals surface area contributed by atoms with Crippen molar-refractivity contribution in [1.82, 2.24) is 9.97 Å². The number of aromatic nitrogens is 2. The SMILES string of the molecule is NNc1cc(OC2CCOC2)ncn1. The second-order valence-electron chi connectivity index (χ2n) is 2.99. The summed E-state index contributed by atoms with van der Waals surface area (Å²) in [5.74, 6) is 6.26. The maximum atomic E-state index is 5.55. The standard InChI is InChI=1S/C8H12N4O2/c9-12-7-3-8(11-5-10-7)14-6-1-2-13-4-6/h3,5-6H,1-2,4,9H2,(H,10,11,12). The van der Waals surface area contributed by atoms with Gasteiger partial charge >= 0.3 is 0 Å². The topological polar surface area (TPSA) is 82.3 Å². The van der Waals surface area contributed by atoms with Crippen LogP contribution in [-0.4, -0.2) is 29.3 Å². The highest BCUT2D eigenvalue weighted by Gasteiger charge is 2.17. The maximum absolute atomic E-state index is 5.55. The van der Waals surface area contributed by atoms with E-state index in [9.17, 15) is 0 Å². The number of nitrogens with one attached hydrogen (secondary N) is 1. The third kappa shape index (κ3) is 2.09. The first-order chi connectivity index (χ1) is 6.88. The Kier molecular flexibility index (Phi) is 2.76. The Balaban J connectivity index is 2.00. The summed E-state index contributed by atoms with van der Waals surface area (Å²) in [7, 11) is 0. The predicted octanol–water partition coefficient (Wildman–Crippen LogP) is -0.0701. The highest BCUT2D eigenvalue weighted by atomic mass is 16.5. The van der Waals surface area contributed by atoms with E-state index >= 15 is 0 Å². The van der Waals surface area contributed by atoms with E-state index < -0.39 is 0 Å². The van der Waals surface area contributed by atoms with Crippen molar-refractivity contribution in [2.24, 2.45) is 5.84 Å². The van der Waals surface area contributed by atoms with Crippen LogP contribution in [0.2, 0.25) is 0 Å². The molecule has 1 aromatic rings. The van der Waals surface area contributed by atoms with Crippen LogP contribution in [0.5, 0.6) is 5.88 Å². The summed E-state index contributed by atoms with van der Waals surface area (Å²) in [6.07, 6.45) is 2.39. The molecule has 1 atom stereocenters. The Hall–Kier alpha value is -1.40. The van der Waals surface area contributed by atoms with Crippen molar-refractivity contribution in [2.75, 3.05) is 18.6 Å². The Morgan fingerprint density at radius 2 is 2.50 bits per heavy atom. The third-order valence-electron chi connectivity index (χ3n) is 1.97. The lowest BCUT2D eigenvalue weighted by Gasteiger charge is -2.10. The van der Waals surface area contributed by atoms with Gasteiger partial charge in [0, 0.05) is 12.5 Å². The molecule has 6 nitrogen and oxygen atoms in total. The molecule has 0 saturated carbocycles. The van der Waals surface area contributed by atoms with Crippen LogP contribution in [0.15, 0.2) is 12.4 Å². The van der Waals surface area contributed by atoms with Gasteiger partial charge in [-0.3, -0.25) is 0 Å². The molecule has 0 bridgehead atoms. The summed E-state index contributed by atoms with van der Waals surface area (Å²) >= 11 is 0. The van der Waals surface area contributed by atoms with Gasteiger partial charge in [-0.1, -0.05) is 0 Å². The van der Waals surface area contributed by atoms with Crippen LogP contribution >= 0.6 is 0 Å². The zero-order valence-corrected chi connectivity index (χ0v) is 7.64. The highest BCUT2D eigenvalue weighted by molar-refractivity contribution is 5.35. The molecule has 2 heterocycles. The van der Waals surface area contributed by atoms with Crippen LogP contribution in [0.25, 0.3) is 0 Å². The zero-order chi connectivity index (χ0) is 9.80. The molecule has 0 aromatic carbocycles. The Morgan fingerprint density at radius 1 is 1.57 bits per heavy atom. The number of hydrogen-bond acceptors (Lipinski definition) is 6. The van der Waals surface area contributed by atoms with Crippen molar-refractivity contribution in [3.63, 3.8) is 0 Å². The average Bonchev–Trinajstić information content (AvgIpc) is 2.71. The van der Waals surface area contributed by atoms with Crippen molar-refractivity contribution in [3.05, 3.63) is 12.4 Å². The lowest BCUT2D eigenvalue weighted by Crippen LogP contribution is -2.17. The molecular formula is C8H12N4O2. The number of nitrogen functional groups attached to an aromatic ring is 1. The summed E-state index contributed by atoms with van der Waals surface area (Å²) in [5, 5.41) is 0. The second kappa shape index (κ2) is 4.21. The maximum Gasteiger partial charge on any atom is 0.218 e. The highest BCUT2D eigenvalue weighted by Crippen LogP contribution is 2.15. The van der Waals surface area contributed by atoms with Crippen molar-refractivity contribution >= 4 is 5.82 Å². The van der Waals surface area contributed by atoms with E-state index in [-0.39, 0.29) is 6.10 Å². The molecule has 76 valence electrons. The second-order valence-corrected chi connectivity index (χ2v) is 2.99. The van der Waals surface area contributed by atoms with Gasteiger partial charge in [0.2, 0.25) is 5.88 Å². The molecule has 6 heteroatoms. The van der Waals surface area contributed by atoms with Gasteiger partial charge in [0.05, 0.1) is 13.2 Å². The van der Waals surface area contributed by atoms with E-state index in [1.807, 2.05) is 0 Å². The van der Waals surface area contributed by atoms with Crippen LogP contribution < -0.4 is 16.0 Å². The van der Waals surface area contributed by atoms with Gasteiger partial charge in [0.15, 0.2) is 0 Å². The largest absolute Gasteiger partial charge is 0.472 e. The van der Waals surface area contributed by atoms with Crippen LogP contribution in [-0.2, 0) is 4.74 Å². The Labute approximate surface area is 81.4 Å². The fourth-order valence-electron chi connectivity index (χ4n) is 1.26. The lowest BCUT2D eigenvalue weighted by atomic mass is 10.3. The molecule has 1 aliphatic rings. The van der Waals surface area contributed by atoms with E-state index in [1.165, 1.54) is 6.33 Å². The lowest BCUT2D eigenvalue weighted by molar-refractivity contribution is 0.138. The van der Waals surface area contributed by atoms with Crippen molar-refractivity contribution < 1.29 is 9.47 Å². The molecule has 1 fully saturated rings. The van der Waals surface area contributed by atoms with Crippen molar-refractivity contribution in [1.29, 1.82) is 0 Å². The molecule has 0 amide bonds. The van der Waals surface area contributed by atoms with Crippen LogP contribution in [0, 0.1) is 0 Å². The number of anilines is 1. The Bertz CT molecular complexity index is 301. The van der Waals surface area contributed by atoms with E-state index in [4.69, 9.17) is 15.3 Å². The van der Waals surface area contributed by atoms with Gasteiger partial charge in [0.1, 0.15) is 18.2 Å². The van der Waals surface area contributed by atoms with Gasteiger partial charge in [-0.05, 0) is 0 Å². The van der Waals surface area contributed by atoms with Crippen LogP contribution in [0.1, 0.15) is 6.42 Å². The molecule has 0 aliphatic carbocycles. The smallest absolute Gasteiger partial charge is 0.218 e. The molecule has 1 unspecified atom stereocenters. The predicted molar refractivity (Wildman–Crippen MR) is 49.7 cm³/mol. The molecule has 1 saturated heterocycles. The zero-order valence-electron chi connectivity index (χ0n) is 7.64. The van der Waals surface area contributed by atoms with Crippen molar-refractivity contribution in [3.8, 4) is 5.88 Å². The van der Waals surface area contributed by atoms with Crippen LogP contribution in [0.4, 0.5) is 5.82 Å². The molecular weight excluding hydrogens is 184 g/mol. The molecule has 1 aromatic heterocycles. The fourth-order valence-corrected chi connectivity index (χ4v) is 1.26. The van der Waals surface area contributed by atoms with E-state index in [2.05, 4.69) is 15.4 Å². The molecule has 0 spiro atoms. The summed E-state index contributed by atoms with van der Waals surface area (Å²) in [4.78, 5) is 7.84. The van der Waals surface area contributed by atoms with Gasteiger partial charge in [-0.25, -0.2) is 15.8 Å². The van der Waals surface area contributed by atoms with E-state index in [0.717, 1.165) is 13.0 Å². The summed E-state index contributed by atoms with van der Waals surface area (Å²) in [6, 6.07) is 1.65. The first-order valence-electron chi connectivity index (χ1n) is 4.41. The molecule has 14 heavy (non-hydrogen) atoms. The third-order valence-corrected chi connectivity index (χ3v) is 1.97. The van der Waals surface area contributed by atoms with Gasteiger partial charge in [-0.2, -0.15) is 0 Å². The summed E-state index contributed by atoms with van der Waals surface area (Å²) in [5.41, 5.74) is 2.43. The number of hydrazine groups is 1. The van der Waals surface area contributed by atoms with Gasteiger partial charge in [0.25, 0.3) is 0 Å². The van der Waals surface area contributed by atoms with Gasteiger partial charge in [-0.15, -0.1) is 0 Å². The molecule has 3 N–H and O–H groups in total. The number of hydrogen-bond donors (Lipinski definition) is 2. The number of ether oxygens (including phenoxy) is 2. The normalized spacial score (nSPS) is 20.8. The minimum Gasteiger partial charge on any atom is -0.472 e. The first kappa shape index (κ1) is 9.17. The van der Waals surface area contributed by atoms with Crippen LogP contribution in [0.3, 0.4) is 0 Å². The fraction of sp³-hybridized carbons (Fsp3) is 0.500. The number of nitrogens with two attached hydrogens (primary N) is 1. The summed E-state index contributed by atoms with van der Waals surface area (Å²) < 4.78 is 10.7. The average molecular weight is 196 g/mol. The quantitative estimate of drug-likeness (QED) is 0.520. The molecule has 0 radical (unpaired) electrons. The summed E-state index contributed by atoms with van der Waals surface area (Å²) in [6.45, 7) is 1.37. The monoisotopic (exact) mass is 196 g/mol. The van der Waals surface area contributed by atoms with Gasteiger partial charge < -0.3 is 14.9 Å². The van der Waals surface area contributed by atoms with E-state index in [1.54, 1.807) is 6.07 Å². The van der Waals surface area contributed by atoms with E-state index in [0.29, 0.717) is 18.3 Å². The number of nitrogens with zero attached hydrogens (tertiary/aromatic N) is 2. The minimum atomic E-state index is 0.0931. The number of rotatable bonds is 3. The van der Waals surface area contributed by atoms with Crippen molar-refractivity contribution in [2.45, 2.75) is 12.5 Å². The Morgan fingerprint density at radius 3 is 3.21 bits per heavy atom. The molecule has 2 rings (SSSR count). The molecule has 1 aliphatic heterocycles.